The van der Waals surface area contributed by atoms with Crippen molar-refractivity contribution in [2.24, 2.45) is 0 Å². The van der Waals surface area contributed by atoms with Crippen molar-refractivity contribution in [1.29, 1.82) is 0 Å². The van der Waals surface area contributed by atoms with Crippen LogP contribution in [0.5, 0.6) is 5.75 Å². The summed E-state index contributed by atoms with van der Waals surface area (Å²) in [6.07, 6.45) is 0.215. The van der Waals surface area contributed by atoms with Crippen LogP contribution < -0.4 is 10.1 Å². The van der Waals surface area contributed by atoms with Gasteiger partial charge in [-0.25, -0.2) is 0 Å². The molecule has 0 aromatic heterocycles. The molecule has 1 unspecified atom stereocenters. The largest absolute Gasteiger partial charge is 0.487 e. The summed E-state index contributed by atoms with van der Waals surface area (Å²) >= 11 is 0. The lowest BCUT2D eigenvalue weighted by Gasteiger charge is -2.25. The second-order valence-electron chi connectivity index (χ2n) is 3.30. The zero-order valence-corrected chi connectivity index (χ0v) is 7.58. The van der Waals surface area contributed by atoms with E-state index >= 15 is 0 Å². The molecule has 13 heavy (non-hydrogen) atoms. The molecular formula is C10H13NO2. The van der Waals surface area contributed by atoms with Gasteiger partial charge in [-0.15, -0.1) is 0 Å². The van der Waals surface area contributed by atoms with E-state index in [9.17, 15) is 0 Å². The van der Waals surface area contributed by atoms with Crippen LogP contribution in [0, 0.1) is 0 Å². The molecule has 1 aromatic rings. The van der Waals surface area contributed by atoms with Gasteiger partial charge < -0.3 is 15.2 Å². The van der Waals surface area contributed by atoms with Crippen LogP contribution in [0.1, 0.15) is 12.5 Å². The quantitative estimate of drug-likeness (QED) is 0.684. The van der Waals surface area contributed by atoms with Gasteiger partial charge in [-0.1, -0.05) is 6.07 Å². The van der Waals surface area contributed by atoms with Crippen LogP contribution in [0.25, 0.3) is 0 Å². The first kappa shape index (κ1) is 8.38. The standard InChI is InChI=1S/C10H13NO2/c1-7-5-11-9-4-8(6-12)2-3-10(9)13-7/h2-4,7,11-12H,5-6H2,1H3. The van der Waals surface area contributed by atoms with Gasteiger partial charge in [0.25, 0.3) is 0 Å². The summed E-state index contributed by atoms with van der Waals surface area (Å²) in [6, 6.07) is 5.68. The Morgan fingerprint density at radius 2 is 2.46 bits per heavy atom. The normalized spacial score (nSPS) is 20.0. The zero-order chi connectivity index (χ0) is 9.26. The number of anilines is 1. The highest BCUT2D eigenvalue weighted by molar-refractivity contribution is 5.59. The number of fused-ring (bicyclic) bond motifs is 1. The first-order valence-electron chi connectivity index (χ1n) is 4.44. The minimum absolute atomic E-state index is 0.0739. The van der Waals surface area contributed by atoms with Gasteiger partial charge in [0.15, 0.2) is 0 Å². The number of ether oxygens (including phenoxy) is 1. The number of nitrogens with one attached hydrogen (secondary N) is 1. The van der Waals surface area contributed by atoms with E-state index in [1.54, 1.807) is 0 Å². The highest BCUT2D eigenvalue weighted by atomic mass is 16.5. The number of hydrogen-bond acceptors (Lipinski definition) is 3. The van der Waals surface area contributed by atoms with Gasteiger partial charge in [0.2, 0.25) is 0 Å². The second-order valence-corrected chi connectivity index (χ2v) is 3.30. The van der Waals surface area contributed by atoms with Crippen molar-refractivity contribution in [1.82, 2.24) is 0 Å². The molecule has 1 aliphatic heterocycles. The third-order valence-electron chi connectivity index (χ3n) is 2.13. The molecule has 0 spiro atoms. The monoisotopic (exact) mass is 179 g/mol. The van der Waals surface area contributed by atoms with E-state index in [-0.39, 0.29) is 12.7 Å². The molecule has 0 amide bonds. The van der Waals surface area contributed by atoms with Crippen molar-refractivity contribution in [3.05, 3.63) is 23.8 Å². The fourth-order valence-electron chi connectivity index (χ4n) is 1.43. The molecular weight excluding hydrogens is 166 g/mol. The fourth-order valence-corrected chi connectivity index (χ4v) is 1.43. The molecule has 3 heteroatoms. The van der Waals surface area contributed by atoms with E-state index in [1.165, 1.54) is 0 Å². The summed E-state index contributed by atoms with van der Waals surface area (Å²) < 4.78 is 5.59. The molecule has 0 radical (unpaired) electrons. The minimum atomic E-state index is 0.0739. The molecule has 70 valence electrons. The Bertz CT molecular complexity index is 312. The predicted octanol–water partition coefficient (Wildman–Crippen LogP) is 1.37. The first-order valence-corrected chi connectivity index (χ1v) is 4.44. The van der Waals surface area contributed by atoms with E-state index in [0.29, 0.717) is 0 Å². The molecule has 0 bridgehead atoms. The van der Waals surface area contributed by atoms with E-state index < -0.39 is 0 Å². The number of aliphatic hydroxyl groups excluding tert-OH is 1. The van der Waals surface area contributed by atoms with Crippen LogP contribution in [0.4, 0.5) is 5.69 Å². The Kier molecular flexibility index (Phi) is 2.10. The van der Waals surface area contributed by atoms with Crippen molar-refractivity contribution in [2.75, 3.05) is 11.9 Å². The topological polar surface area (TPSA) is 41.5 Å². The van der Waals surface area contributed by atoms with Crippen molar-refractivity contribution in [3.63, 3.8) is 0 Å². The molecule has 1 heterocycles. The summed E-state index contributed by atoms with van der Waals surface area (Å²) in [6.45, 7) is 2.92. The van der Waals surface area contributed by atoms with Crippen LogP contribution in [0.2, 0.25) is 0 Å². The number of hydrogen-bond donors (Lipinski definition) is 2. The number of rotatable bonds is 1. The van der Waals surface area contributed by atoms with E-state index in [0.717, 1.165) is 23.5 Å². The van der Waals surface area contributed by atoms with E-state index in [2.05, 4.69) is 5.32 Å². The summed E-state index contributed by atoms with van der Waals surface area (Å²) in [7, 11) is 0. The minimum Gasteiger partial charge on any atom is -0.487 e. The van der Waals surface area contributed by atoms with Crippen LogP contribution >= 0.6 is 0 Å². The molecule has 3 nitrogen and oxygen atoms in total. The fraction of sp³-hybridized carbons (Fsp3) is 0.400. The summed E-state index contributed by atoms with van der Waals surface area (Å²) in [5.41, 5.74) is 1.88. The molecule has 0 saturated heterocycles. The second kappa shape index (κ2) is 3.26. The molecule has 0 fully saturated rings. The van der Waals surface area contributed by atoms with Crippen LogP contribution in [0.3, 0.4) is 0 Å². The lowest BCUT2D eigenvalue weighted by molar-refractivity contribution is 0.225. The molecule has 1 atom stereocenters. The van der Waals surface area contributed by atoms with Gasteiger partial charge >= 0.3 is 0 Å². The average molecular weight is 179 g/mol. The summed E-state index contributed by atoms with van der Waals surface area (Å²) in [4.78, 5) is 0. The third-order valence-corrected chi connectivity index (χ3v) is 2.13. The Morgan fingerprint density at radius 1 is 1.62 bits per heavy atom. The van der Waals surface area contributed by atoms with Gasteiger partial charge in [-0.05, 0) is 24.6 Å². The maximum absolute atomic E-state index is 8.92. The van der Waals surface area contributed by atoms with Crippen molar-refractivity contribution in [3.8, 4) is 5.75 Å². The van der Waals surface area contributed by atoms with Crippen LogP contribution in [0.15, 0.2) is 18.2 Å². The molecule has 1 aliphatic rings. The number of benzene rings is 1. The lowest BCUT2D eigenvalue weighted by Crippen LogP contribution is -2.27. The summed E-state index contributed by atoms with van der Waals surface area (Å²) in [5, 5.41) is 12.2. The molecule has 0 aliphatic carbocycles. The van der Waals surface area contributed by atoms with Crippen molar-refractivity contribution < 1.29 is 9.84 Å². The highest BCUT2D eigenvalue weighted by Gasteiger charge is 2.14. The predicted molar refractivity (Wildman–Crippen MR) is 50.9 cm³/mol. The van der Waals surface area contributed by atoms with Crippen molar-refractivity contribution in [2.45, 2.75) is 19.6 Å². The number of aliphatic hydroxyl groups is 1. The van der Waals surface area contributed by atoms with Gasteiger partial charge in [-0.3, -0.25) is 0 Å². The zero-order valence-electron chi connectivity index (χ0n) is 7.58. The maximum Gasteiger partial charge on any atom is 0.142 e. The Labute approximate surface area is 77.3 Å². The maximum atomic E-state index is 8.92. The Morgan fingerprint density at radius 3 is 3.23 bits per heavy atom. The van der Waals surface area contributed by atoms with E-state index in [4.69, 9.17) is 9.84 Å². The van der Waals surface area contributed by atoms with Gasteiger partial charge in [0.1, 0.15) is 11.9 Å². The smallest absolute Gasteiger partial charge is 0.142 e. The third kappa shape index (κ3) is 1.60. The molecule has 2 rings (SSSR count). The molecule has 1 aromatic carbocycles. The lowest BCUT2D eigenvalue weighted by atomic mass is 10.1. The first-order chi connectivity index (χ1) is 6.29. The van der Waals surface area contributed by atoms with Crippen molar-refractivity contribution >= 4 is 5.69 Å². The van der Waals surface area contributed by atoms with Crippen LogP contribution in [-0.4, -0.2) is 17.8 Å². The van der Waals surface area contributed by atoms with Gasteiger partial charge in [0, 0.05) is 0 Å². The van der Waals surface area contributed by atoms with E-state index in [1.807, 2.05) is 25.1 Å². The van der Waals surface area contributed by atoms with Gasteiger partial charge in [-0.2, -0.15) is 0 Å². The molecule has 2 N–H and O–H groups in total. The SMILES string of the molecule is CC1CNc2cc(CO)ccc2O1. The molecule has 0 saturated carbocycles. The highest BCUT2D eigenvalue weighted by Crippen LogP contribution is 2.29. The Hall–Kier alpha value is -1.22. The average Bonchev–Trinajstić information content (AvgIpc) is 2.17. The van der Waals surface area contributed by atoms with Gasteiger partial charge in [0.05, 0.1) is 18.8 Å². The summed E-state index contributed by atoms with van der Waals surface area (Å²) in [5.74, 6) is 0.871. The Balaban J connectivity index is 2.31. The van der Waals surface area contributed by atoms with Crippen LogP contribution in [-0.2, 0) is 6.61 Å².